The average molecular weight is 227 g/mol. The number of hydrogen-bond donors (Lipinski definition) is 3. The lowest BCUT2D eigenvalue weighted by Crippen LogP contribution is -2.45. The molecule has 0 aliphatic heterocycles. The molecular formula is C11H21N3O2. The van der Waals surface area contributed by atoms with E-state index in [-0.39, 0.29) is 12.5 Å². The van der Waals surface area contributed by atoms with Crippen molar-refractivity contribution < 1.29 is 9.59 Å². The number of nitrogens with one attached hydrogen (secondary N) is 2. The van der Waals surface area contributed by atoms with E-state index < -0.39 is 6.03 Å². The van der Waals surface area contributed by atoms with Crippen LogP contribution < -0.4 is 16.4 Å². The van der Waals surface area contributed by atoms with Gasteiger partial charge in [0.15, 0.2) is 0 Å². The Morgan fingerprint density at radius 1 is 1.25 bits per heavy atom. The summed E-state index contributed by atoms with van der Waals surface area (Å²) in [4.78, 5) is 21.6. The summed E-state index contributed by atoms with van der Waals surface area (Å²) in [5.74, 6) is 1.08. The van der Waals surface area contributed by atoms with Crippen molar-refractivity contribution >= 4 is 11.9 Å². The smallest absolute Gasteiger partial charge is 0.318 e. The Kier molecular flexibility index (Phi) is 4.73. The Morgan fingerprint density at radius 3 is 2.50 bits per heavy atom. The molecule has 0 spiro atoms. The lowest BCUT2D eigenvalue weighted by Gasteiger charge is -2.32. The zero-order valence-corrected chi connectivity index (χ0v) is 9.95. The minimum atomic E-state index is -0.794. The fourth-order valence-corrected chi connectivity index (χ4v) is 2.15. The van der Waals surface area contributed by atoms with Crippen LogP contribution >= 0.6 is 0 Å². The fraction of sp³-hybridized carbons (Fsp3) is 0.818. The molecule has 4 N–H and O–H groups in total. The number of carbonyl (C=O) groups excluding carboxylic acids is 2. The minimum absolute atomic E-state index is 0.161. The molecule has 92 valence electrons. The highest BCUT2D eigenvalue weighted by atomic mass is 16.2. The maximum absolute atomic E-state index is 11.2. The van der Waals surface area contributed by atoms with E-state index in [1.54, 1.807) is 0 Å². The van der Waals surface area contributed by atoms with Crippen LogP contribution in [0.2, 0.25) is 0 Å². The molecule has 1 aliphatic carbocycles. The second-order valence-electron chi connectivity index (χ2n) is 4.76. The van der Waals surface area contributed by atoms with Crippen LogP contribution in [0.5, 0.6) is 0 Å². The number of carbonyl (C=O) groups is 2. The van der Waals surface area contributed by atoms with Crippen molar-refractivity contribution in [2.24, 2.45) is 17.6 Å². The molecule has 3 unspecified atom stereocenters. The number of primary amides is 1. The highest BCUT2D eigenvalue weighted by Gasteiger charge is 2.24. The molecule has 1 rings (SSSR count). The summed E-state index contributed by atoms with van der Waals surface area (Å²) in [7, 11) is 0. The Bertz CT molecular complexity index is 268. The number of hydrogen-bond acceptors (Lipinski definition) is 3. The quantitative estimate of drug-likeness (QED) is 0.660. The summed E-state index contributed by atoms with van der Waals surface area (Å²) in [5, 5.41) is 5.20. The molecule has 0 aromatic heterocycles. The third-order valence-corrected chi connectivity index (χ3v) is 3.41. The van der Waals surface area contributed by atoms with Gasteiger partial charge in [0.1, 0.15) is 0 Å². The lowest BCUT2D eigenvalue weighted by molar-refractivity contribution is -0.119. The van der Waals surface area contributed by atoms with Crippen LogP contribution in [0, 0.1) is 11.8 Å². The van der Waals surface area contributed by atoms with E-state index in [1.807, 2.05) is 5.32 Å². The molecule has 3 amide bonds. The maximum Gasteiger partial charge on any atom is 0.318 e. The lowest BCUT2D eigenvalue weighted by atomic mass is 9.79. The monoisotopic (exact) mass is 227 g/mol. The zero-order valence-electron chi connectivity index (χ0n) is 9.95. The highest BCUT2D eigenvalue weighted by molar-refractivity contribution is 5.94. The van der Waals surface area contributed by atoms with Gasteiger partial charge >= 0.3 is 6.03 Å². The van der Waals surface area contributed by atoms with Gasteiger partial charge < -0.3 is 11.1 Å². The SMILES string of the molecule is CC1CCC(NCC(=O)NC(N)=O)CC1C. The van der Waals surface area contributed by atoms with Crippen LogP contribution in [0.25, 0.3) is 0 Å². The molecule has 0 saturated heterocycles. The first-order chi connectivity index (χ1) is 7.49. The van der Waals surface area contributed by atoms with Crippen molar-refractivity contribution in [1.82, 2.24) is 10.6 Å². The van der Waals surface area contributed by atoms with Gasteiger partial charge in [0.05, 0.1) is 6.54 Å². The number of rotatable bonds is 3. The third-order valence-electron chi connectivity index (χ3n) is 3.41. The Morgan fingerprint density at radius 2 is 1.94 bits per heavy atom. The third kappa shape index (κ3) is 4.18. The summed E-state index contributed by atoms with van der Waals surface area (Å²) in [6.07, 6.45) is 3.37. The molecule has 0 aromatic rings. The average Bonchev–Trinajstić information content (AvgIpc) is 2.19. The molecule has 0 bridgehead atoms. The van der Waals surface area contributed by atoms with Gasteiger partial charge in [-0.05, 0) is 31.1 Å². The molecular weight excluding hydrogens is 206 g/mol. The van der Waals surface area contributed by atoms with Gasteiger partial charge in [-0.25, -0.2) is 4.79 Å². The van der Waals surface area contributed by atoms with Crippen LogP contribution in [0.4, 0.5) is 4.79 Å². The summed E-state index contributed by atoms with van der Waals surface area (Å²) in [5.41, 5.74) is 4.84. The number of imide groups is 1. The van der Waals surface area contributed by atoms with Crippen molar-refractivity contribution in [3.05, 3.63) is 0 Å². The molecule has 1 fully saturated rings. The van der Waals surface area contributed by atoms with Crippen LogP contribution in [0.15, 0.2) is 0 Å². The number of urea groups is 1. The van der Waals surface area contributed by atoms with Crippen LogP contribution in [0.3, 0.4) is 0 Å². The Hall–Kier alpha value is -1.10. The summed E-state index contributed by atoms with van der Waals surface area (Å²) in [6, 6.07) is -0.415. The molecule has 5 heteroatoms. The van der Waals surface area contributed by atoms with E-state index in [0.717, 1.165) is 18.8 Å². The predicted molar refractivity (Wildman–Crippen MR) is 61.7 cm³/mol. The van der Waals surface area contributed by atoms with Gasteiger partial charge in [0.25, 0.3) is 0 Å². The van der Waals surface area contributed by atoms with Gasteiger partial charge in [-0.15, -0.1) is 0 Å². The van der Waals surface area contributed by atoms with Crippen molar-refractivity contribution in [2.75, 3.05) is 6.54 Å². The number of nitrogens with two attached hydrogens (primary N) is 1. The molecule has 16 heavy (non-hydrogen) atoms. The summed E-state index contributed by atoms with van der Waals surface area (Å²) in [6.45, 7) is 4.66. The van der Waals surface area contributed by atoms with E-state index in [2.05, 4.69) is 19.2 Å². The molecule has 1 saturated carbocycles. The van der Waals surface area contributed by atoms with Gasteiger partial charge in [0, 0.05) is 6.04 Å². The topological polar surface area (TPSA) is 84.2 Å². The number of amides is 3. The maximum atomic E-state index is 11.2. The van der Waals surface area contributed by atoms with Gasteiger partial charge in [0.2, 0.25) is 5.91 Å². The van der Waals surface area contributed by atoms with Crippen molar-refractivity contribution in [2.45, 2.75) is 39.2 Å². The van der Waals surface area contributed by atoms with E-state index in [4.69, 9.17) is 5.73 Å². The van der Waals surface area contributed by atoms with Gasteiger partial charge in [-0.2, -0.15) is 0 Å². The molecule has 0 heterocycles. The van der Waals surface area contributed by atoms with Crippen molar-refractivity contribution in [3.63, 3.8) is 0 Å². The normalized spacial score (nSPS) is 29.8. The van der Waals surface area contributed by atoms with Crippen LogP contribution in [0.1, 0.15) is 33.1 Å². The fourth-order valence-electron chi connectivity index (χ4n) is 2.15. The first-order valence-corrected chi connectivity index (χ1v) is 5.81. The minimum Gasteiger partial charge on any atom is -0.351 e. The highest BCUT2D eigenvalue weighted by Crippen LogP contribution is 2.29. The Balaban J connectivity index is 2.23. The second kappa shape index (κ2) is 5.84. The van der Waals surface area contributed by atoms with Crippen molar-refractivity contribution in [1.29, 1.82) is 0 Å². The van der Waals surface area contributed by atoms with E-state index in [0.29, 0.717) is 12.0 Å². The molecule has 5 nitrogen and oxygen atoms in total. The van der Waals surface area contributed by atoms with E-state index >= 15 is 0 Å². The molecule has 0 aromatic carbocycles. The Labute approximate surface area is 96.1 Å². The summed E-state index contributed by atoms with van der Waals surface area (Å²) < 4.78 is 0. The van der Waals surface area contributed by atoms with E-state index in [9.17, 15) is 9.59 Å². The molecule has 1 aliphatic rings. The summed E-state index contributed by atoms with van der Waals surface area (Å²) >= 11 is 0. The van der Waals surface area contributed by atoms with E-state index in [1.165, 1.54) is 6.42 Å². The van der Waals surface area contributed by atoms with Gasteiger partial charge in [-0.3, -0.25) is 10.1 Å². The predicted octanol–water partition coefficient (Wildman–Crippen LogP) is 0.596. The first-order valence-electron chi connectivity index (χ1n) is 5.81. The zero-order chi connectivity index (χ0) is 12.1. The van der Waals surface area contributed by atoms with Crippen LogP contribution in [-0.2, 0) is 4.79 Å². The van der Waals surface area contributed by atoms with Crippen molar-refractivity contribution in [3.8, 4) is 0 Å². The van der Waals surface area contributed by atoms with Gasteiger partial charge in [-0.1, -0.05) is 13.8 Å². The largest absolute Gasteiger partial charge is 0.351 e. The second-order valence-corrected chi connectivity index (χ2v) is 4.76. The standard InChI is InChI=1S/C11H21N3O2/c1-7-3-4-9(5-8(7)2)13-6-10(15)14-11(12)16/h7-9,13H,3-6H2,1-2H3,(H3,12,14,15,16). The molecule has 0 radical (unpaired) electrons. The molecule has 3 atom stereocenters. The first kappa shape index (κ1) is 13.0. The van der Waals surface area contributed by atoms with Crippen LogP contribution in [-0.4, -0.2) is 24.5 Å².